The molecule has 0 unspecified atom stereocenters. The lowest BCUT2D eigenvalue weighted by Gasteiger charge is -2.06. The molecule has 0 amide bonds. The molecule has 84 valence electrons. The van der Waals surface area contributed by atoms with Crippen molar-refractivity contribution in [3.63, 3.8) is 0 Å². The van der Waals surface area contributed by atoms with Crippen molar-refractivity contribution < 1.29 is 0 Å². The molecule has 0 spiro atoms. The van der Waals surface area contributed by atoms with Crippen LogP contribution in [0.1, 0.15) is 30.7 Å². The molecule has 0 radical (unpaired) electrons. The van der Waals surface area contributed by atoms with Crippen LogP contribution in [-0.4, -0.2) is 10.9 Å². The molecule has 4 heteroatoms. The topological polar surface area (TPSA) is 58.1 Å². The van der Waals surface area contributed by atoms with Crippen LogP contribution in [0.5, 0.6) is 0 Å². The second-order valence-electron chi connectivity index (χ2n) is 4.08. The van der Waals surface area contributed by atoms with E-state index in [0.717, 1.165) is 5.69 Å². The van der Waals surface area contributed by atoms with Gasteiger partial charge in [0.25, 0.3) is 5.56 Å². The number of nitrogens with zero attached hydrogens (tertiary/aromatic N) is 3. The highest BCUT2D eigenvalue weighted by Gasteiger charge is 2.08. The minimum absolute atomic E-state index is 0.159. The molecule has 0 aliphatic carbocycles. The van der Waals surface area contributed by atoms with Gasteiger partial charge in [-0.1, -0.05) is 13.8 Å². The van der Waals surface area contributed by atoms with Crippen LogP contribution >= 0.6 is 0 Å². The third-order valence-corrected chi connectivity index (χ3v) is 2.15. The number of aryl methyl sites for hydroxylation is 2. The van der Waals surface area contributed by atoms with Crippen LogP contribution in [-0.2, 0) is 0 Å². The first-order valence-electron chi connectivity index (χ1n) is 5.15. The average Bonchev–Trinajstić information content (AvgIpc) is 2.16. The van der Waals surface area contributed by atoms with E-state index in [1.165, 1.54) is 4.68 Å². The molecule has 0 bridgehead atoms. The van der Waals surface area contributed by atoms with Gasteiger partial charge in [0.15, 0.2) is 0 Å². The molecular formula is C12H15N3O. The first-order chi connectivity index (χ1) is 7.47. The van der Waals surface area contributed by atoms with Gasteiger partial charge in [0.1, 0.15) is 11.6 Å². The predicted octanol–water partition coefficient (Wildman–Crippen LogP) is 1.83. The quantitative estimate of drug-likeness (QED) is 0.709. The van der Waals surface area contributed by atoms with Crippen molar-refractivity contribution in [3.8, 4) is 6.07 Å². The standard InChI is InChI=1S/C12H15N3O/c1-8(2)7-14-15-10(4)5-9(3)11(6-13)12(15)16/h5,7-8H,1-4H3/b14-7+. The van der Waals surface area contributed by atoms with Crippen LogP contribution in [0.2, 0.25) is 0 Å². The van der Waals surface area contributed by atoms with E-state index in [4.69, 9.17) is 5.26 Å². The van der Waals surface area contributed by atoms with Crippen molar-refractivity contribution in [1.82, 2.24) is 4.68 Å². The summed E-state index contributed by atoms with van der Waals surface area (Å²) in [6.45, 7) is 7.50. The zero-order valence-electron chi connectivity index (χ0n) is 9.98. The SMILES string of the molecule is Cc1cc(C)n(/N=C/C(C)C)c(=O)c1C#N. The molecule has 0 N–H and O–H groups in total. The number of hydrogen-bond donors (Lipinski definition) is 0. The molecule has 0 saturated heterocycles. The van der Waals surface area contributed by atoms with Gasteiger partial charge in [0, 0.05) is 11.9 Å². The Morgan fingerprint density at radius 2 is 2.12 bits per heavy atom. The van der Waals surface area contributed by atoms with Gasteiger partial charge in [0.05, 0.1) is 0 Å². The molecular weight excluding hydrogens is 202 g/mol. The van der Waals surface area contributed by atoms with Gasteiger partial charge in [-0.3, -0.25) is 4.79 Å². The van der Waals surface area contributed by atoms with E-state index in [1.54, 1.807) is 26.1 Å². The van der Waals surface area contributed by atoms with Gasteiger partial charge in [-0.05, 0) is 31.4 Å². The average molecular weight is 217 g/mol. The summed E-state index contributed by atoms with van der Waals surface area (Å²) in [5.74, 6) is 0.262. The maximum atomic E-state index is 11.9. The summed E-state index contributed by atoms with van der Waals surface area (Å²) < 4.78 is 1.27. The smallest absolute Gasteiger partial charge is 0.266 e. The summed E-state index contributed by atoms with van der Waals surface area (Å²) >= 11 is 0. The van der Waals surface area contributed by atoms with Gasteiger partial charge in [0.2, 0.25) is 0 Å². The predicted molar refractivity (Wildman–Crippen MR) is 63.6 cm³/mol. The molecule has 0 saturated carbocycles. The van der Waals surface area contributed by atoms with Crippen molar-refractivity contribution in [2.75, 3.05) is 0 Å². The van der Waals surface area contributed by atoms with Crippen molar-refractivity contribution in [2.45, 2.75) is 27.7 Å². The van der Waals surface area contributed by atoms with Gasteiger partial charge < -0.3 is 0 Å². The number of pyridine rings is 1. The number of aromatic nitrogens is 1. The van der Waals surface area contributed by atoms with E-state index >= 15 is 0 Å². The lowest BCUT2D eigenvalue weighted by Crippen LogP contribution is -2.22. The minimum atomic E-state index is -0.350. The Hall–Kier alpha value is -1.89. The van der Waals surface area contributed by atoms with E-state index in [0.29, 0.717) is 5.56 Å². The molecule has 0 fully saturated rings. The molecule has 0 aromatic carbocycles. The molecule has 16 heavy (non-hydrogen) atoms. The van der Waals surface area contributed by atoms with Gasteiger partial charge in [-0.2, -0.15) is 10.4 Å². The number of hydrogen-bond acceptors (Lipinski definition) is 3. The van der Waals surface area contributed by atoms with Crippen molar-refractivity contribution in [2.24, 2.45) is 11.0 Å². The van der Waals surface area contributed by atoms with E-state index in [2.05, 4.69) is 5.10 Å². The number of nitriles is 1. The van der Waals surface area contributed by atoms with E-state index in [-0.39, 0.29) is 17.0 Å². The molecule has 1 aromatic rings. The zero-order chi connectivity index (χ0) is 12.3. The fourth-order valence-electron chi connectivity index (χ4n) is 1.36. The molecule has 1 aromatic heterocycles. The molecule has 1 rings (SSSR count). The van der Waals surface area contributed by atoms with Crippen LogP contribution in [0, 0.1) is 31.1 Å². The molecule has 1 heterocycles. The summed E-state index contributed by atoms with van der Waals surface area (Å²) in [7, 11) is 0. The first kappa shape index (κ1) is 12.2. The van der Waals surface area contributed by atoms with Gasteiger partial charge in [-0.25, -0.2) is 4.68 Å². The normalized spacial score (nSPS) is 11.0. The molecule has 0 atom stereocenters. The third-order valence-electron chi connectivity index (χ3n) is 2.15. The summed E-state index contributed by atoms with van der Waals surface area (Å²) in [5, 5.41) is 13.0. The second kappa shape index (κ2) is 4.75. The van der Waals surface area contributed by atoms with Gasteiger partial charge in [-0.15, -0.1) is 0 Å². The Morgan fingerprint density at radius 3 is 2.62 bits per heavy atom. The Labute approximate surface area is 94.8 Å². The zero-order valence-corrected chi connectivity index (χ0v) is 9.98. The molecule has 0 aliphatic heterocycles. The van der Waals surface area contributed by atoms with Gasteiger partial charge >= 0.3 is 0 Å². The van der Waals surface area contributed by atoms with E-state index < -0.39 is 0 Å². The van der Waals surface area contributed by atoms with Crippen molar-refractivity contribution in [1.29, 1.82) is 5.26 Å². The van der Waals surface area contributed by atoms with Crippen LogP contribution in [0.25, 0.3) is 0 Å². The summed E-state index contributed by atoms with van der Waals surface area (Å²) in [6, 6.07) is 3.70. The lowest BCUT2D eigenvalue weighted by molar-refractivity contribution is 0.768. The van der Waals surface area contributed by atoms with Crippen LogP contribution < -0.4 is 5.56 Å². The van der Waals surface area contributed by atoms with Crippen LogP contribution in [0.4, 0.5) is 0 Å². The fourth-order valence-corrected chi connectivity index (χ4v) is 1.36. The summed E-state index contributed by atoms with van der Waals surface area (Å²) in [6.07, 6.45) is 1.69. The molecule has 4 nitrogen and oxygen atoms in total. The van der Waals surface area contributed by atoms with Crippen LogP contribution in [0.3, 0.4) is 0 Å². The van der Waals surface area contributed by atoms with E-state index in [9.17, 15) is 4.79 Å². The van der Waals surface area contributed by atoms with Crippen molar-refractivity contribution >= 4 is 6.21 Å². The van der Waals surface area contributed by atoms with E-state index in [1.807, 2.05) is 19.9 Å². The molecule has 0 aliphatic rings. The monoisotopic (exact) mass is 217 g/mol. The highest BCUT2D eigenvalue weighted by molar-refractivity contribution is 5.59. The number of rotatable bonds is 2. The maximum absolute atomic E-state index is 11.9. The highest BCUT2D eigenvalue weighted by atomic mass is 16.1. The van der Waals surface area contributed by atoms with Crippen molar-refractivity contribution in [3.05, 3.63) is 33.2 Å². The maximum Gasteiger partial charge on any atom is 0.289 e. The van der Waals surface area contributed by atoms with Crippen LogP contribution in [0.15, 0.2) is 16.0 Å². The summed E-state index contributed by atoms with van der Waals surface area (Å²) in [4.78, 5) is 11.9. The Bertz CT molecular complexity index is 518. The third kappa shape index (κ3) is 2.37. The largest absolute Gasteiger partial charge is 0.289 e. The Morgan fingerprint density at radius 1 is 1.50 bits per heavy atom. The highest BCUT2D eigenvalue weighted by Crippen LogP contribution is 2.05. The Balaban J connectivity index is 3.42. The summed E-state index contributed by atoms with van der Waals surface area (Å²) in [5.41, 5.74) is 1.24. The fraction of sp³-hybridized carbons (Fsp3) is 0.417. The minimum Gasteiger partial charge on any atom is -0.266 e. The second-order valence-corrected chi connectivity index (χ2v) is 4.08. The first-order valence-corrected chi connectivity index (χ1v) is 5.15. The Kier molecular flexibility index (Phi) is 3.62. The lowest BCUT2D eigenvalue weighted by atomic mass is 10.1.